The summed E-state index contributed by atoms with van der Waals surface area (Å²) in [4.78, 5) is 0. The maximum atomic E-state index is 8.53. The zero-order valence-electron chi connectivity index (χ0n) is 8.22. The van der Waals surface area contributed by atoms with Crippen molar-refractivity contribution in [2.75, 3.05) is 18.1 Å². The molecule has 0 spiro atoms. The summed E-state index contributed by atoms with van der Waals surface area (Å²) in [7, 11) is 0. The molecule has 0 unspecified atom stereocenters. The van der Waals surface area contributed by atoms with Gasteiger partial charge in [0.1, 0.15) is 0 Å². The molecule has 0 aromatic carbocycles. The minimum Gasteiger partial charge on any atom is -0.396 e. The third-order valence-corrected chi connectivity index (χ3v) is 2.99. The lowest BCUT2D eigenvalue weighted by Gasteiger charge is -1.99. The molecule has 0 rings (SSSR count). The molecule has 0 heterocycles. The lowest BCUT2D eigenvalue weighted by atomic mass is 10.2. The Balaban J connectivity index is 2.73. The van der Waals surface area contributed by atoms with Gasteiger partial charge in [-0.1, -0.05) is 32.6 Å². The van der Waals surface area contributed by atoms with Gasteiger partial charge >= 0.3 is 0 Å². The molecule has 0 saturated carbocycles. The van der Waals surface area contributed by atoms with Crippen LogP contribution in [0.2, 0.25) is 0 Å². The first-order chi connectivity index (χ1) is 5.91. The summed E-state index contributed by atoms with van der Waals surface area (Å²) >= 11 is 1.98. The number of rotatable bonds is 9. The van der Waals surface area contributed by atoms with Gasteiger partial charge in [-0.3, -0.25) is 0 Å². The van der Waals surface area contributed by atoms with Crippen LogP contribution in [0.3, 0.4) is 0 Å². The summed E-state index contributed by atoms with van der Waals surface area (Å²) < 4.78 is 0. The fraction of sp³-hybridized carbons (Fsp3) is 1.00. The van der Waals surface area contributed by atoms with Gasteiger partial charge in [-0.25, -0.2) is 0 Å². The van der Waals surface area contributed by atoms with Crippen LogP contribution < -0.4 is 0 Å². The Kier molecular flexibility index (Phi) is 11.6. The zero-order valence-corrected chi connectivity index (χ0v) is 9.04. The van der Waals surface area contributed by atoms with Gasteiger partial charge in [-0.2, -0.15) is 11.8 Å². The third kappa shape index (κ3) is 10.3. The Morgan fingerprint density at radius 1 is 0.917 bits per heavy atom. The normalized spacial score (nSPS) is 10.5. The molecule has 0 aromatic rings. The SMILES string of the molecule is CCCCCCCSCCCO. The quantitative estimate of drug-likeness (QED) is 0.564. The number of hydrogen-bond acceptors (Lipinski definition) is 2. The highest BCUT2D eigenvalue weighted by Crippen LogP contribution is 2.09. The van der Waals surface area contributed by atoms with Crippen molar-refractivity contribution in [3.8, 4) is 0 Å². The second kappa shape index (κ2) is 11.3. The lowest BCUT2D eigenvalue weighted by Crippen LogP contribution is -1.88. The Bertz CT molecular complexity index is 66.2. The molecule has 0 aliphatic heterocycles. The van der Waals surface area contributed by atoms with Gasteiger partial charge in [-0.15, -0.1) is 0 Å². The van der Waals surface area contributed by atoms with E-state index in [0.717, 1.165) is 12.2 Å². The Morgan fingerprint density at radius 3 is 2.25 bits per heavy atom. The molecule has 0 aromatic heterocycles. The second-order valence-electron chi connectivity index (χ2n) is 3.10. The first-order valence-corrected chi connectivity index (χ1v) is 6.26. The van der Waals surface area contributed by atoms with E-state index < -0.39 is 0 Å². The van der Waals surface area contributed by atoms with E-state index in [1.54, 1.807) is 0 Å². The molecule has 1 nitrogen and oxygen atoms in total. The predicted molar refractivity (Wildman–Crippen MR) is 57.8 cm³/mol. The van der Waals surface area contributed by atoms with E-state index in [4.69, 9.17) is 5.11 Å². The summed E-state index contributed by atoms with van der Waals surface area (Å²) in [5.41, 5.74) is 0. The average molecular weight is 190 g/mol. The summed E-state index contributed by atoms with van der Waals surface area (Å²) in [6, 6.07) is 0. The Labute approximate surface area is 80.9 Å². The zero-order chi connectivity index (χ0) is 9.07. The molecule has 0 amide bonds. The number of hydrogen-bond donors (Lipinski definition) is 1. The van der Waals surface area contributed by atoms with E-state index >= 15 is 0 Å². The molecular weight excluding hydrogens is 168 g/mol. The van der Waals surface area contributed by atoms with Crippen molar-refractivity contribution in [3.63, 3.8) is 0 Å². The summed E-state index contributed by atoms with van der Waals surface area (Å²) in [5, 5.41) is 8.53. The smallest absolute Gasteiger partial charge is 0.0438 e. The minimum atomic E-state index is 0.350. The molecule has 1 N–H and O–H groups in total. The largest absolute Gasteiger partial charge is 0.396 e. The lowest BCUT2D eigenvalue weighted by molar-refractivity contribution is 0.296. The van der Waals surface area contributed by atoms with E-state index in [0.29, 0.717) is 6.61 Å². The Morgan fingerprint density at radius 2 is 1.58 bits per heavy atom. The van der Waals surface area contributed by atoms with E-state index in [1.165, 1.54) is 37.9 Å². The molecule has 2 heteroatoms. The van der Waals surface area contributed by atoms with E-state index in [2.05, 4.69) is 6.92 Å². The van der Waals surface area contributed by atoms with Gasteiger partial charge in [0.2, 0.25) is 0 Å². The summed E-state index contributed by atoms with van der Waals surface area (Å²) in [5.74, 6) is 2.41. The van der Waals surface area contributed by atoms with Crippen molar-refractivity contribution in [1.29, 1.82) is 0 Å². The van der Waals surface area contributed by atoms with Crippen LogP contribution in [0.1, 0.15) is 45.4 Å². The molecule has 0 atom stereocenters. The molecule has 0 radical (unpaired) electrons. The minimum absolute atomic E-state index is 0.350. The Hall–Kier alpha value is 0.310. The van der Waals surface area contributed by atoms with Gasteiger partial charge in [0, 0.05) is 6.61 Å². The topological polar surface area (TPSA) is 20.2 Å². The molecule has 0 saturated heterocycles. The van der Waals surface area contributed by atoms with Crippen molar-refractivity contribution < 1.29 is 5.11 Å². The van der Waals surface area contributed by atoms with Crippen LogP contribution in [-0.4, -0.2) is 23.2 Å². The highest BCUT2D eigenvalue weighted by molar-refractivity contribution is 7.99. The highest BCUT2D eigenvalue weighted by Gasteiger charge is 1.90. The van der Waals surface area contributed by atoms with Crippen LogP contribution in [0, 0.1) is 0 Å². The van der Waals surface area contributed by atoms with E-state index in [1.807, 2.05) is 11.8 Å². The molecule has 0 aliphatic carbocycles. The maximum absolute atomic E-state index is 8.53. The number of thioether (sulfide) groups is 1. The number of aliphatic hydroxyl groups excluding tert-OH is 1. The molecule has 12 heavy (non-hydrogen) atoms. The third-order valence-electron chi connectivity index (χ3n) is 1.84. The first-order valence-electron chi connectivity index (χ1n) is 5.10. The molecular formula is C10H22OS. The second-order valence-corrected chi connectivity index (χ2v) is 4.33. The fourth-order valence-corrected chi connectivity index (χ4v) is 2.02. The fourth-order valence-electron chi connectivity index (χ4n) is 1.08. The van der Waals surface area contributed by atoms with Crippen LogP contribution in [-0.2, 0) is 0 Å². The van der Waals surface area contributed by atoms with Crippen molar-refractivity contribution in [1.82, 2.24) is 0 Å². The molecule has 0 fully saturated rings. The standard InChI is InChI=1S/C10H22OS/c1-2-3-4-5-6-9-12-10-7-8-11/h11H,2-10H2,1H3. The van der Waals surface area contributed by atoms with Crippen LogP contribution in [0.15, 0.2) is 0 Å². The average Bonchev–Trinajstić information content (AvgIpc) is 2.10. The van der Waals surface area contributed by atoms with E-state index in [-0.39, 0.29) is 0 Å². The van der Waals surface area contributed by atoms with Crippen molar-refractivity contribution in [2.24, 2.45) is 0 Å². The molecule has 0 aliphatic rings. The van der Waals surface area contributed by atoms with Crippen molar-refractivity contribution in [3.05, 3.63) is 0 Å². The van der Waals surface area contributed by atoms with Gasteiger partial charge in [0.25, 0.3) is 0 Å². The molecule has 74 valence electrons. The number of aliphatic hydroxyl groups is 1. The molecule has 0 bridgehead atoms. The van der Waals surface area contributed by atoms with E-state index in [9.17, 15) is 0 Å². The van der Waals surface area contributed by atoms with Crippen LogP contribution in [0.5, 0.6) is 0 Å². The maximum Gasteiger partial charge on any atom is 0.0438 e. The monoisotopic (exact) mass is 190 g/mol. The van der Waals surface area contributed by atoms with Crippen molar-refractivity contribution >= 4 is 11.8 Å². The van der Waals surface area contributed by atoms with Crippen molar-refractivity contribution in [2.45, 2.75) is 45.4 Å². The summed E-state index contributed by atoms with van der Waals surface area (Å²) in [6.45, 7) is 2.60. The highest BCUT2D eigenvalue weighted by atomic mass is 32.2. The van der Waals surface area contributed by atoms with Crippen LogP contribution in [0.4, 0.5) is 0 Å². The van der Waals surface area contributed by atoms with Gasteiger partial charge < -0.3 is 5.11 Å². The number of unbranched alkanes of at least 4 members (excludes halogenated alkanes) is 4. The summed E-state index contributed by atoms with van der Waals surface area (Å²) in [6.07, 6.45) is 7.83. The van der Waals surface area contributed by atoms with Crippen LogP contribution in [0.25, 0.3) is 0 Å². The van der Waals surface area contributed by atoms with Gasteiger partial charge in [0.05, 0.1) is 0 Å². The first kappa shape index (κ1) is 12.3. The van der Waals surface area contributed by atoms with Gasteiger partial charge in [-0.05, 0) is 24.3 Å². The van der Waals surface area contributed by atoms with Gasteiger partial charge in [0.15, 0.2) is 0 Å². The predicted octanol–water partition coefficient (Wildman–Crippen LogP) is 3.07. The van der Waals surface area contributed by atoms with Crippen LogP contribution >= 0.6 is 11.8 Å².